The number of Topliss-reactive ketones (excluding diaryl/α,β-unsaturated/α-hetero) is 1. The fraction of sp³-hybridized carbons (Fsp3) is 0.550. The highest BCUT2D eigenvalue weighted by Gasteiger charge is 2.17. The van der Waals surface area contributed by atoms with E-state index in [0.29, 0.717) is 10.5 Å². The summed E-state index contributed by atoms with van der Waals surface area (Å²) in [6.07, 6.45) is 2.51. The highest BCUT2D eigenvalue weighted by atomic mass is 32.2. The average molecular weight is 375 g/mol. The molecule has 1 aromatic heterocycles. The molecule has 1 aliphatic heterocycles. The van der Waals surface area contributed by atoms with Gasteiger partial charge in [-0.1, -0.05) is 27.7 Å². The van der Waals surface area contributed by atoms with Crippen molar-refractivity contribution in [2.24, 2.45) is 5.92 Å². The Morgan fingerprint density at radius 2 is 1.56 bits per heavy atom. The summed E-state index contributed by atoms with van der Waals surface area (Å²) in [5, 5.41) is 1.29. The van der Waals surface area contributed by atoms with E-state index in [1.807, 2.05) is 55.6 Å². The van der Waals surface area contributed by atoms with E-state index in [2.05, 4.69) is 13.8 Å². The molecule has 0 amide bonds. The van der Waals surface area contributed by atoms with Gasteiger partial charge in [0.15, 0.2) is 5.78 Å². The zero-order valence-electron chi connectivity index (χ0n) is 15.4. The number of hydrogen-bond donors (Lipinski definition) is 0. The Bertz CT molecular complexity index is 776. The van der Waals surface area contributed by atoms with Crippen LogP contribution in [0.25, 0.3) is 11.0 Å². The second kappa shape index (κ2) is 8.09. The number of rotatable bonds is 2. The molecule has 2 aromatic rings. The molecule has 0 radical (unpaired) electrons. The number of carbonyl (C=O) groups is 1. The van der Waals surface area contributed by atoms with Gasteiger partial charge in [-0.15, -0.1) is 0 Å². The van der Waals surface area contributed by atoms with Crippen molar-refractivity contribution in [3.8, 4) is 0 Å². The number of ketones is 1. The largest absolute Gasteiger partial charge is 0.294 e. The molecule has 0 bridgehead atoms. The van der Waals surface area contributed by atoms with Crippen molar-refractivity contribution in [1.82, 2.24) is 9.97 Å². The average Bonchev–Trinajstić information content (AvgIpc) is 2.60. The van der Waals surface area contributed by atoms with Crippen molar-refractivity contribution < 1.29 is 4.79 Å². The predicted molar refractivity (Wildman–Crippen MR) is 109 cm³/mol. The quantitative estimate of drug-likeness (QED) is 0.649. The molecule has 0 saturated carbocycles. The van der Waals surface area contributed by atoms with Crippen molar-refractivity contribution in [2.45, 2.75) is 62.5 Å². The fourth-order valence-corrected chi connectivity index (χ4v) is 4.88. The summed E-state index contributed by atoms with van der Waals surface area (Å²) >= 11 is 3.94. The van der Waals surface area contributed by atoms with Crippen LogP contribution in [0.2, 0.25) is 0 Å². The molecule has 2 heterocycles. The second-order valence-electron chi connectivity index (χ2n) is 7.16. The molecule has 0 spiro atoms. The van der Waals surface area contributed by atoms with Crippen LogP contribution in [-0.4, -0.2) is 26.3 Å². The van der Waals surface area contributed by atoms with Crippen LogP contribution in [0.15, 0.2) is 18.2 Å². The molecule has 1 aliphatic rings. The first-order valence-corrected chi connectivity index (χ1v) is 11.1. The third-order valence-corrected chi connectivity index (χ3v) is 7.11. The minimum absolute atomic E-state index is 0.00342. The van der Waals surface area contributed by atoms with Crippen LogP contribution in [-0.2, 0) is 11.5 Å². The van der Waals surface area contributed by atoms with Crippen molar-refractivity contribution >= 4 is 40.3 Å². The van der Waals surface area contributed by atoms with Gasteiger partial charge in [0.25, 0.3) is 0 Å². The summed E-state index contributed by atoms with van der Waals surface area (Å²) < 4.78 is 0. The Kier molecular flexibility index (Phi) is 6.05. The van der Waals surface area contributed by atoms with Gasteiger partial charge in [0.05, 0.1) is 22.4 Å². The zero-order chi connectivity index (χ0) is 18.0. The molecule has 0 N–H and O–H groups in total. The van der Waals surface area contributed by atoms with E-state index in [0.717, 1.165) is 39.5 Å². The molecule has 3 nitrogen and oxygen atoms in total. The van der Waals surface area contributed by atoms with Crippen LogP contribution in [0.4, 0.5) is 0 Å². The number of carbonyl (C=O) groups excluding carboxylic acids is 1. The standard InChI is InChI=1S/C20H26N2OS2/c1-12(2)20(23)15-7-8-16-17(9-15)22-19-11-25-14(4)6-5-13(3)24-10-18(19)21-16/h7-9,12-14H,5-6,10-11H2,1-4H3. The molecule has 5 heteroatoms. The third kappa shape index (κ3) is 4.56. The number of benzene rings is 1. The third-order valence-electron chi connectivity index (χ3n) is 4.62. The van der Waals surface area contributed by atoms with Gasteiger partial charge in [-0.25, -0.2) is 9.97 Å². The molecule has 25 heavy (non-hydrogen) atoms. The first-order valence-electron chi connectivity index (χ1n) is 9.01. The van der Waals surface area contributed by atoms with Gasteiger partial charge in [-0.05, 0) is 31.0 Å². The normalized spacial score (nSPS) is 22.0. The molecule has 2 unspecified atom stereocenters. The highest BCUT2D eigenvalue weighted by Crippen LogP contribution is 2.31. The fourth-order valence-electron chi connectivity index (χ4n) is 2.92. The number of aromatic nitrogens is 2. The molecule has 2 atom stereocenters. The van der Waals surface area contributed by atoms with Gasteiger partial charge in [-0.2, -0.15) is 23.5 Å². The molecule has 0 aliphatic carbocycles. The van der Waals surface area contributed by atoms with Gasteiger partial charge < -0.3 is 0 Å². The number of fused-ring (bicyclic) bond motifs is 2. The van der Waals surface area contributed by atoms with Crippen LogP contribution in [0.1, 0.15) is 62.3 Å². The van der Waals surface area contributed by atoms with Crippen molar-refractivity contribution in [2.75, 3.05) is 0 Å². The SMILES string of the molecule is CC1CCC(C)SCc2nc3cc(C(=O)C(C)C)ccc3nc2CS1. The van der Waals surface area contributed by atoms with E-state index in [-0.39, 0.29) is 11.7 Å². The number of hydrogen-bond acceptors (Lipinski definition) is 5. The lowest BCUT2D eigenvalue weighted by molar-refractivity contribution is 0.0939. The summed E-state index contributed by atoms with van der Waals surface area (Å²) in [5.74, 6) is 1.98. The monoisotopic (exact) mass is 374 g/mol. The highest BCUT2D eigenvalue weighted by molar-refractivity contribution is 7.99. The second-order valence-corrected chi connectivity index (χ2v) is 10.0. The Balaban J connectivity index is 1.99. The van der Waals surface area contributed by atoms with E-state index in [9.17, 15) is 4.79 Å². The molecule has 1 aromatic carbocycles. The minimum Gasteiger partial charge on any atom is -0.294 e. The van der Waals surface area contributed by atoms with Gasteiger partial charge in [-0.3, -0.25) is 4.79 Å². The maximum atomic E-state index is 12.3. The Hall–Kier alpha value is -1.07. The van der Waals surface area contributed by atoms with Gasteiger partial charge in [0.2, 0.25) is 0 Å². The summed E-state index contributed by atoms with van der Waals surface area (Å²) in [7, 11) is 0. The van der Waals surface area contributed by atoms with Crippen LogP contribution in [0.5, 0.6) is 0 Å². The molecular weight excluding hydrogens is 348 g/mol. The lowest BCUT2D eigenvalue weighted by Crippen LogP contribution is -2.10. The molecular formula is C20H26N2OS2. The molecule has 0 saturated heterocycles. The molecule has 134 valence electrons. The summed E-state index contributed by atoms with van der Waals surface area (Å²) in [4.78, 5) is 22.1. The van der Waals surface area contributed by atoms with Crippen molar-refractivity contribution in [1.29, 1.82) is 0 Å². The number of nitrogens with zero attached hydrogens (tertiary/aromatic N) is 2. The maximum absolute atomic E-state index is 12.3. The van der Waals surface area contributed by atoms with E-state index in [1.165, 1.54) is 12.8 Å². The van der Waals surface area contributed by atoms with E-state index >= 15 is 0 Å². The van der Waals surface area contributed by atoms with Gasteiger partial charge >= 0.3 is 0 Å². The summed E-state index contributed by atoms with van der Waals surface area (Å²) in [6, 6.07) is 5.74. The zero-order valence-corrected chi connectivity index (χ0v) is 17.0. The van der Waals surface area contributed by atoms with Gasteiger partial charge in [0.1, 0.15) is 0 Å². The van der Waals surface area contributed by atoms with E-state index < -0.39 is 0 Å². The van der Waals surface area contributed by atoms with Crippen LogP contribution < -0.4 is 0 Å². The van der Waals surface area contributed by atoms with Crippen LogP contribution in [0.3, 0.4) is 0 Å². The van der Waals surface area contributed by atoms with Crippen LogP contribution in [0, 0.1) is 5.92 Å². The number of thioether (sulfide) groups is 2. The first kappa shape index (κ1) is 18.7. The minimum atomic E-state index is -0.00342. The van der Waals surface area contributed by atoms with Crippen LogP contribution >= 0.6 is 23.5 Å². The van der Waals surface area contributed by atoms with Gasteiger partial charge in [0, 0.05) is 33.5 Å². The van der Waals surface area contributed by atoms with E-state index in [4.69, 9.17) is 9.97 Å². The lowest BCUT2D eigenvalue weighted by atomic mass is 10.0. The Labute approximate surface area is 158 Å². The smallest absolute Gasteiger partial charge is 0.165 e. The summed E-state index contributed by atoms with van der Waals surface area (Å²) in [5.41, 5.74) is 4.66. The van der Waals surface area contributed by atoms with Crippen molar-refractivity contribution in [3.63, 3.8) is 0 Å². The maximum Gasteiger partial charge on any atom is 0.165 e. The Morgan fingerprint density at radius 1 is 1.00 bits per heavy atom. The molecule has 0 fully saturated rings. The first-order chi connectivity index (χ1) is 11.9. The molecule has 3 rings (SSSR count). The van der Waals surface area contributed by atoms with Crippen molar-refractivity contribution in [3.05, 3.63) is 35.2 Å². The topological polar surface area (TPSA) is 42.9 Å². The lowest BCUT2D eigenvalue weighted by Gasteiger charge is -2.19. The summed E-state index contributed by atoms with van der Waals surface area (Å²) in [6.45, 7) is 8.47. The Morgan fingerprint density at radius 3 is 2.12 bits per heavy atom. The van der Waals surface area contributed by atoms with E-state index in [1.54, 1.807) is 0 Å². The predicted octanol–water partition coefficient (Wildman–Crippen LogP) is 5.51.